The average Bonchev–Trinajstić information content (AvgIpc) is 2.90. The van der Waals surface area contributed by atoms with Gasteiger partial charge in [0.2, 0.25) is 5.91 Å². The summed E-state index contributed by atoms with van der Waals surface area (Å²) in [7, 11) is 0. The van der Waals surface area contributed by atoms with Crippen molar-refractivity contribution in [1.29, 1.82) is 0 Å². The summed E-state index contributed by atoms with van der Waals surface area (Å²) in [6, 6.07) is 10.4. The molecule has 0 radical (unpaired) electrons. The molecule has 0 aliphatic carbocycles. The minimum Gasteiger partial charge on any atom is -0.493 e. The summed E-state index contributed by atoms with van der Waals surface area (Å²) in [5.41, 5.74) is 3.28. The van der Waals surface area contributed by atoms with Crippen molar-refractivity contribution in [3.05, 3.63) is 59.4 Å². The number of hydrogen-bond acceptors (Lipinski definition) is 2. The highest BCUT2D eigenvalue weighted by molar-refractivity contribution is 5.78. The Kier molecular flexibility index (Phi) is 15.9. The van der Waals surface area contributed by atoms with Crippen molar-refractivity contribution in [3.63, 3.8) is 0 Å². The van der Waals surface area contributed by atoms with Gasteiger partial charge in [0.05, 0.1) is 13.0 Å². The number of carbonyl (C=O) groups excluding carboxylic acids is 1. The Bertz CT molecular complexity index is 948. The maximum Gasteiger partial charge on any atom is 0.224 e. The fourth-order valence-corrected chi connectivity index (χ4v) is 5.05. The number of hydrogen-bond donors (Lipinski definition) is 1. The summed E-state index contributed by atoms with van der Waals surface area (Å²) in [6.07, 6.45) is 21.8. The first-order chi connectivity index (χ1) is 18.8. The van der Waals surface area contributed by atoms with Gasteiger partial charge in [-0.2, -0.15) is 0 Å². The molecule has 4 heteroatoms. The van der Waals surface area contributed by atoms with Crippen molar-refractivity contribution in [2.24, 2.45) is 0 Å². The van der Waals surface area contributed by atoms with E-state index in [1.807, 2.05) is 12.1 Å². The maximum absolute atomic E-state index is 12.7. The van der Waals surface area contributed by atoms with Crippen LogP contribution in [0.2, 0.25) is 0 Å². The van der Waals surface area contributed by atoms with Gasteiger partial charge in [-0.15, -0.1) is 0 Å². The first kappa shape index (κ1) is 32.8. The van der Waals surface area contributed by atoms with Gasteiger partial charge in [-0.25, -0.2) is 4.57 Å². The standard InChI is InChI=1S/C35H56N2O2/c1-6-8-9-10-11-12-13-14-15-16-17-18-25-39-33-22-21-30(26-32(33)35(3,4)5)27-34(38)36-28-31-20-19-24-37(29-31)23-7-2/h19-22,24,26,29H,6-18,23,25,27-28H2,1-5H3/p+1. The lowest BCUT2D eigenvalue weighted by Crippen LogP contribution is -2.34. The molecule has 1 aromatic carbocycles. The monoisotopic (exact) mass is 537 g/mol. The Morgan fingerprint density at radius 3 is 2.08 bits per heavy atom. The number of nitrogens with one attached hydrogen (secondary N) is 1. The molecule has 0 aliphatic heterocycles. The van der Waals surface area contributed by atoms with Crippen molar-refractivity contribution in [1.82, 2.24) is 5.32 Å². The minimum atomic E-state index is -0.0463. The molecule has 0 aliphatic rings. The summed E-state index contributed by atoms with van der Waals surface area (Å²) in [4.78, 5) is 12.7. The van der Waals surface area contributed by atoms with Crippen LogP contribution >= 0.6 is 0 Å². The van der Waals surface area contributed by atoms with Crippen molar-refractivity contribution >= 4 is 5.91 Å². The molecule has 1 heterocycles. The largest absolute Gasteiger partial charge is 0.493 e. The predicted molar refractivity (Wildman–Crippen MR) is 164 cm³/mol. The van der Waals surface area contributed by atoms with Crippen LogP contribution in [0.15, 0.2) is 42.7 Å². The molecule has 0 saturated heterocycles. The number of carbonyl (C=O) groups is 1. The summed E-state index contributed by atoms with van der Waals surface area (Å²) in [5, 5.41) is 3.09. The summed E-state index contributed by atoms with van der Waals surface area (Å²) < 4.78 is 8.42. The Balaban J connectivity index is 1.72. The first-order valence-electron chi connectivity index (χ1n) is 15.8. The van der Waals surface area contributed by atoms with E-state index in [0.717, 1.165) is 42.9 Å². The highest BCUT2D eigenvalue weighted by Gasteiger charge is 2.20. The lowest BCUT2D eigenvalue weighted by molar-refractivity contribution is -0.697. The van der Waals surface area contributed by atoms with E-state index >= 15 is 0 Å². The van der Waals surface area contributed by atoms with E-state index < -0.39 is 0 Å². The van der Waals surface area contributed by atoms with Crippen LogP contribution in [0.25, 0.3) is 0 Å². The number of nitrogens with zero attached hydrogens (tertiary/aromatic N) is 1. The van der Waals surface area contributed by atoms with Gasteiger partial charge < -0.3 is 10.1 Å². The molecule has 0 bridgehead atoms. The van der Waals surface area contributed by atoms with Gasteiger partial charge in [-0.1, -0.05) is 117 Å². The van der Waals surface area contributed by atoms with E-state index in [1.54, 1.807) is 0 Å². The molecule has 0 unspecified atom stereocenters. The quantitative estimate of drug-likeness (QED) is 0.136. The van der Waals surface area contributed by atoms with E-state index in [4.69, 9.17) is 4.74 Å². The first-order valence-corrected chi connectivity index (χ1v) is 15.8. The number of aromatic nitrogens is 1. The fourth-order valence-electron chi connectivity index (χ4n) is 5.05. The summed E-state index contributed by atoms with van der Waals surface area (Å²) in [5.74, 6) is 1.01. The number of rotatable bonds is 20. The molecule has 4 nitrogen and oxygen atoms in total. The van der Waals surface area contributed by atoms with Crippen LogP contribution in [-0.4, -0.2) is 12.5 Å². The molecule has 1 N–H and O–H groups in total. The second kappa shape index (κ2) is 18.8. The summed E-state index contributed by atoms with van der Waals surface area (Å²) in [6.45, 7) is 13.4. The number of amides is 1. The van der Waals surface area contributed by atoms with Crippen molar-refractivity contribution in [2.75, 3.05) is 6.61 Å². The third kappa shape index (κ3) is 14.0. The lowest BCUT2D eigenvalue weighted by atomic mass is 9.85. The van der Waals surface area contributed by atoms with E-state index in [0.29, 0.717) is 13.0 Å². The van der Waals surface area contributed by atoms with Crippen LogP contribution in [0.4, 0.5) is 0 Å². The molecule has 0 atom stereocenters. The third-order valence-corrected chi connectivity index (χ3v) is 7.36. The van der Waals surface area contributed by atoms with E-state index in [9.17, 15) is 4.79 Å². The van der Waals surface area contributed by atoms with Gasteiger partial charge in [-0.3, -0.25) is 4.79 Å². The lowest BCUT2D eigenvalue weighted by Gasteiger charge is -2.24. The molecule has 2 rings (SSSR count). The zero-order chi connectivity index (χ0) is 28.3. The average molecular weight is 538 g/mol. The molecule has 1 aromatic heterocycles. The van der Waals surface area contributed by atoms with Gasteiger partial charge in [-0.05, 0) is 35.1 Å². The minimum absolute atomic E-state index is 0.0463. The van der Waals surface area contributed by atoms with Crippen LogP contribution in [0.1, 0.15) is 135 Å². The molecule has 218 valence electrons. The van der Waals surface area contributed by atoms with Crippen LogP contribution in [0, 0.1) is 0 Å². The van der Waals surface area contributed by atoms with E-state index in [1.165, 1.54) is 76.2 Å². The molecule has 1 amide bonds. The Labute approximate surface area is 240 Å². The second-order valence-corrected chi connectivity index (χ2v) is 12.2. The number of benzene rings is 1. The summed E-state index contributed by atoms with van der Waals surface area (Å²) >= 11 is 0. The fraction of sp³-hybridized carbons (Fsp3) is 0.657. The topological polar surface area (TPSA) is 42.2 Å². The molecule has 0 saturated carbocycles. The Morgan fingerprint density at radius 1 is 0.821 bits per heavy atom. The number of aryl methyl sites for hydroxylation is 1. The van der Waals surface area contributed by atoms with Crippen LogP contribution < -0.4 is 14.6 Å². The zero-order valence-corrected chi connectivity index (χ0v) is 25.8. The van der Waals surface area contributed by atoms with Crippen molar-refractivity contribution < 1.29 is 14.1 Å². The molecule has 39 heavy (non-hydrogen) atoms. The van der Waals surface area contributed by atoms with Gasteiger partial charge in [0.25, 0.3) is 0 Å². The molecular formula is C35H57N2O2+. The molecule has 0 spiro atoms. The van der Waals surface area contributed by atoms with Crippen molar-refractivity contribution in [2.45, 2.75) is 143 Å². The zero-order valence-electron chi connectivity index (χ0n) is 25.8. The van der Waals surface area contributed by atoms with Crippen LogP contribution in [-0.2, 0) is 29.7 Å². The van der Waals surface area contributed by atoms with Crippen molar-refractivity contribution in [3.8, 4) is 5.75 Å². The van der Waals surface area contributed by atoms with E-state index in [2.05, 4.69) is 75.1 Å². The molecule has 2 aromatic rings. The normalized spacial score (nSPS) is 11.5. The van der Waals surface area contributed by atoms with E-state index in [-0.39, 0.29) is 11.3 Å². The second-order valence-electron chi connectivity index (χ2n) is 12.2. The Hall–Kier alpha value is -2.36. The SMILES string of the molecule is CCCCCCCCCCCCCCOc1ccc(CC(=O)NCc2ccc[n+](CCC)c2)cc1C(C)(C)C. The van der Waals surface area contributed by atoms with Crippen LogP contribution in [0.5, 0.6) is 5.75 Å². The Morgan fingerprint density at radius 2 is 1.46 bits per heavy atom. The molecular weight excluding hydrogens is 480 g/mol. The highest BCUT2D eigenvalue weighted by Crippen LogP contribution is 2.32. The number of ether oxygens (including phenoxy) is 1. The third-order valence-electron chi connectivity index (χ3n) is 7.36. The smallest absolute Gasteiger partial charge is 0.224 e. The number of unbranched alkanes of at least 4 members (excludes halogenated alkanes) is 11. The van der Waals surface area contributed by atoms with Gasteiger partial charge >= 0.3 is 0 Å². The highest BCUT2D eigenvalue weighted by atomic mass is 16.5. The maximum atomic E-state index is 12.7. The van der Waals surface area contributed by atoms with Crippen LogP contribution in [0.3, 0.4) is 0 Å². The van der Waals surface area contributed by atoms with Gasteiger partial charge in [0.1, 0.15) is 12.3 Å². The predicted octanol–water partition coefficient (Wildman–Crippen LogP) is 8.62. The van der Waals surface area contributed by atoms with Gasteiger partial charge in [0.15, 0.2) is 12.4 Å². The number of pyridine rings is 1. The molecule has 0 fully saturated rings. The van der Waals surface area contributed by atoms with Gasteiger partial charge in [0, 0.05) is 24.6 Å².